The van der Waals surface area contributed by atoms with E-state index in [1.54, 1.807) is 38.4 Å². The molecule has 4 aromatic rings. The van der Waals surface area contributed by atoms with Crippen LogP contribution in [0.15, 0.2) is 79.1 Å². The molecule has 0 spiro atoms. The van der Waals surface area contributed by atoms with Crippen molar-refractivity contribution in [1.29, 1.82) is 0 Å². The Morgan fingerprint density at radius 1 is 0.912 bits per heavy atom. The molecule has 1 N–H and O–H groups in total. The number of benzene rings is 2. The molecule has 2 heterocycles. The van der Waals surface area contributed by atoms with Gasteiger partial charge < -0.3 is 14.8 Å². The van der Waals surface area contributed by atoms with Crippen molar-refractivity contribution in [3.8, 4) is 5.75 Å². The van der Waals surface area contributed by atoms with Gasteiger partial charge in [0, 0.05) is 29.8 Å². The van der Waals surface area contributed by atoms with Gasteiger partial charge in [0.25, 0.3) is 0 Å². The highest BCUT2D eigenvalue weighted by Gasteiger charge is 2.23. The molecule has 172 valence electrons. The number of hydrogen-bond acceptors (Lipinski definition) is 7. The minimum atomic E-state index is -0.433. The maximum atomic E-state index is 12.3. The number of rotatable bonds is 8. The number of pyridine rings is 2. The van der Waals surface area contributed by atoms with Gasteiger partial charge in [0.05, 0.1) is 18.2 Å². The van der Waals surface area contributed by atoms with Gasteiger partial charge in [-0.05, 0) is 42.8 Å². The lowest BCUT2D eigenvalue weighted by atomic mass is 9.95. The van der Waals surface area contributed by atoms with Crippen LogP contribution in [0.5, 0.6) is 5.75 Å². The number of fused-ring (bicyclic) bond motifs is 1. The molecule has 1 unspecified atom stereocenters. The molecule has 7 nitrogen and oxygen atoms in total. The SMILES string of the molecule is CCOC(=O)c1ccc(C(Nc2ccccn2)c2ccc3cccnc3c2OC(=O)CC)cc1. The summed E-state index contributed by atoms with van der Waals surface area (Å²) >= 11 is 0. The first-order valence-electron chi connectivity index (χ1n) is 11.1. The first-order valence-corrected chi connectivity index (χ1v) is 11.1. The van der Waals surface area contributed by atoms with Crippen molar-refractivity contribution in [2.45, 2.75) is 26.3 Å². The van der Waals surface area contributed by atoms with Gasteiger partial charge in [0.15, 0.2) is 5.75 Å². The van der Waals surface area contributed by atoms with Crippen molar-refractivity contribution in [2.75, 3.05) is 11.9 Å². The van der Waals surface area contributed by atoms with Crippen LogP contribution in [0.2, 0.25) is 0 Å². The second-order valence-electron chi connectivity index (χ2n) is 7.52. The summed E-state index contributed by atoms with van der Waals surface area (Å²) in [5.41, 5.74) is 2.63. The van der Waals surface area contributed by atoms with Crippen LogP contribution in [0.1, 0.15) is 47.8 Å². The summed E-state index contributed by atoms with van der Waals surface area (Å²) in [4.78, 5) is 33.4. The molecule has 0 fully saturated rings. The first kappa shape index (κ1) is 22.9. The molecule has 7 heteroatoms. The van der Waals surface area contributed by atoms with E-state index in [1.807, 2.05) is 54.6 Å². The van der Waals surface area contributed by atoms with Gasteiger partial charge >= 0.3 is 11.9 Å². The van der Waals surface area contributed by atoms with Crippen LogP contribution >= 0.6 is 0 Å². The third-order valence-corrected chi connectivity index (χ3v) is 5.29. The number of hydrogen-bond donors (Lipinski definition) is 1. The van der Waals surface area contributed by atoms with Crippen molar-refractivity contribution >= 4 is 28.7 Å². The van der Waals surface area contributed by atoms with Crippen LogP contribution < -0.4 is 10.1 Å². The molecule has 2 aromatic carbocycles. The van der Waals surface area contributed by atoms with Gasteiger partial charge in [0.1, 0.15) is 11.3 Å². The van der Waals surface area contributed by atoms with Gasteiger partial charge in [0.2, 0.25) is 0 Å². The highest BCUT2D eigenvalue weighted by molar-refractivity contribution is 5.90. The van der Waals surface area contributed by atoms with Crippen molar-refractivity contribution in [2.24, 2.45) is 0 Å². The van der Waals surface area contributed by atoms with Gasteiger partial charge in [-0.15, -0.1) is 0 Å². The molecular formula is C27H25N3O4. The highest BCUT2D eigenvalue weighted by Crippen LogP contribution is 2.37. The quantitative estimate of drug-likeness (QED) is 0.284. The molecule has 0 bridgehead atoms. The van der Waals surface area contributed by atoms with E-state index < -0.39 is 6.04 Å². The molecule has 1 atom stereocenters. The average molecular weight is 456 g/mol. The lowest BCUT2D eigenvalue weighted by Gasteiger charge is -2.23. The number of nitrogens with zero attached hydrogens (tertiary/aromatic N) is 2. The zero-order valence-electron chi connectivity index (χ0n) is 19.0. The predicted octanol–water partition coefficient (Wildman–Crippen LogP) is 5.32. The van der Waals surface area contributed by atoms with Crippen LogP contribution in [0.3, 0.4) is 0 Å². The van der Waals surface area contributed by atoms with Gasteiger partial charge in [-0.1, -0.05) is 43.3 Å². The molecule has 0 aliphatic heterocycles. The minimum Gasteiger partial charge on any atom is -0.462 e. The van der Waals surface area contributed by atoms with E-state index in [1.165, 1.54) is 0 Å². The van der Waals surface area contributed by atoms with Gasteiger partial charge in [-0.3, -0.25) is 9.78 Å². The number of anilines is 1. The topological polar surface area (TPSA) is 90.4 Å². The summed E-state index contributed by atoms with van der Waals surface area (Å²) in [6.07, 6.45) is 3.60. The van der Waals surface area contributed by atoms with E-state index in [9.17, 15) is 9.59 Å². The van der Waals surface area contributed by atoms with E-state index in [4.69, 9.17) is 9.47 Å². The van der Waals surface area contributed by atoms with Crippen molar-refractivity contribution < 1.29 is 19.1 Å². The van der Waals surface area contributed by atoms with E-state index >= 15 is 0 Å². The molecule has 34 heavy (non-hydrogen) atoms. The zero-order valence-corrected chi connectivity index (χ0v) is 19.0. The lowest BCUT2D eigenvalue weighted by molar-refractivity contribution is -0.133. The largest absolute Gasteiger partial charge is 0.462 e. The molecule has 2 aromatic heterocycles. The van der Waals surface area contributed by atoms with E-state index in [-0.39, 0.29) is 18.4 Å². The van der Waals surface area contributed by atoms with E-state index in [0.29, 0.717) is 29.3 Å². The average Bonchev–Trinajstić information content (AvgIpc) is 2.88. The lowest BCUT2D eigenvalue weighted by Crippen LogP contribution is -2.17. The van der Waals surface area contributed by atoms with Crippen LogP contribution in [0.4, 0.5) is 5.82 Å². The Hall–Kier alpha value is -4.26. The summed E-state index contributed by atoms with van der Waals surface area (Å²) in [5.74, 6) is 0.313. The number of carbonyl (C=O) groups is 2. The normalized spacial score (nSPS) is 11.6. The second kappa shape index (κ2) is 10.6. The number of carbonyl (C=O) groups excluding carboxylic acids is 2. The standard InChI is InChI=1S/C27H25N3O4/c1-3-23(31)34-26-21(15-14-18-8-7-17-29-25(18)26)24(30-22-9-5-6-16-28-22)19-10-12-20(13-11-19)27(32)33-4-2/h5-17,24H,3-4H2,1-2H3,(H,28,30). The molecule has 0 amide bonds. The predicted molar refractivity (Wildman–Crippen MR) is 130 cm³/mol. The maximum absolute atomic E-state index is 12.3. The Morgan fingerprint density at radius 3 is 2.41 bits per heavy atom. The Balaban J connectivity index is 1.84. The summed E-state index contributed by atoms with van der Waals surface area (Å²) in [6.45, 7) is 3.82. The number of esters is 2. The number of nitrogens with one attached hydrogen (secondary N) is 1. The van der Waals surface area contributed by atoms with Gasteiger partial charge in [-0.2, -0.15) is 0 Å². The molecular weight excluding hydrogens is 430 g/mol. The van der Waals surface area contributed by atoms with E-state index in [0.717, 1.165) is 16.5 Å². The van der Waals surface area contributed by atoms with Crippen LogP contribution in [-0.4, -0.2) is 28.5 Å². The number of ether oxygens (including phenoxy) is 2. The smallest absolute Gasteiger partial charge is 0.338 e. The first-order chi connectivity index (χ1) is 16.6. The maximum Gasteiger partial charge on any atom is 0.338 e. The Kier molecular flexibility index (Phi) is 7.13. The number of aromatic nitrogens is 2. The monoisotopic (exact) mass is 455 g/mol. The fraction of sp³-hybridized carbons (Fsp3) is 0.185. The Morgan fingerprint density at radius 2 is 1.71 bits per heavy atom. The van der Waals surface area contributed by atoms with Crippen LogP contribution in [0, 0.1) is 0 Å². The fourth-order valence-electron chi connectivity index (χ4n) is 3.62. The molecule has 0 saturated heterocycles. The molecule has 0 saturated carbocycles. The second-order valence-corrected chi connectivity index (χ2v) is 7.52. The van der Waals surface area contributed by atoms with Crippen molar-refractivity contribution in [3.63, 3.8) is 0 Å². The van der Waals surface area contributed by atoms with Crippen molar-refractivity contribution in [3.05, 3.63) is 95.8 Å². The fourth-order valence-corrected chi connectivity index (χ4v) is 3.62. The molecule has 0 aliphatic rings. The van der Waals surface area contributed by atoms with Gasteiger partial charge in [-0.25, -0.2) is 9.78 Å². The molecule has 0 aliphatic carbocycles. The van der Waals surface area contributed by atoms with Crippen molar-refractivity contribution in [1.82, 2.24) is 9.97 Å². The van der Waals surface area contributed by atoms with Crippen LogP contribution in [-0.2, 0) is 9.53 Å². The highest BCUT2D eigenvalue weighted by atomic mass is 16.5. The minimum absolute atomic E-state index is 0.231. The summed E-state index contributed by atoms with van der Waals surface area (Å²) in [5, 5.41) is 4.30. The molecule has 4 rings (SSSR count). The third kappa shape index (κ3) is 5.04. The Bertz CT molecular complexity index is 1290. The zero-order chi connectivity index (χ0) is 23.9. The summed E-state index contributed by atoms with van der Waals surface area (Å²) in [7, 11) is 0. The third-order valence-electron chi connectivity index (χ3n) is 5.29. The van der Waals surface area contributed by atoms with Crippen LogP contribution in [0.25, 0.3) is 10.9 Å². The van der Waals surface area contributed by atoms with E-state index in [2.05, 4.69) is 15.3 Å². The Labute approximate surface area is 197 Å². The summed E-state index contributed by atoms with van der Waals surface area (Å²) < 4.78 is 10.9. The molecule has 0 radical (unpaired) electrons. The summed E-state index contributed by atoms with van der Waals surface area (Å²) in [6, 6.07) is 19.9.